The first-order chi connectivity index (χ1) is 7.03. The minimum atomic E-state index is -1.01. The van der Waals surface area contributed by atoms with Crippen LogP contribution in [-0.4, -0.2) is 38.8 Å². The Labute approximate surface area is 99.5 Å². The molecule has 15 heavy (non-hydrogen) atoms. The Balaban J connectivity index is 2.53. The van der Waals surface area contributed by atoms with Gasteiger partial charge in [0.25, 0.3) is 5.17 Å². The fourth-order valence-electron chi connectivity index (χ4n) is 1.82. The maximum absolute atomic E-state index is 4.84. The number of rotatable bonds is 2. The van der Waals surface area contributed by atoms with E-state index in [1.807, 2.05) is 11.8 Å². The molecule has 0 bridgehead atoms. The van der Waals surface area contributed by atoms with Crippen LogP contribution in [0.2, 0.25) is 19.6 Å². The van der Waals surface area contributed by atoms with Gasteiger partial charge in [-0.15, -0.1) is 0 Å². The second kappa shape index (κ2) is 6.06. The lowest BCUT2D eigenvalue weighted by Crippen LogP contribution is -3.14. The van der Waals surface area contributed by atoms with Gasteiger partial charge < -0.3 is 0 Å². The molecule has 0 aromatic heterocycles. The Morgan fingerprint density at radius 3 is 2.27 bits per heavy atom. The average Bonchev–Trinajstić information content (AvgIpc) is 2.19. The quantitative estimate of drug-likeness (QED) is 0.445. The topological polar surface area (TPSA) is 16.8 Å². The smallest absolute Gasteiger partial charge is 0.256 e. The summed E-state index contributed by atoms with van der Waals surface area (Å²) >= 11 is 1.85. The first-order valence-electron chi connectivity index (χ1n) is 5.96. The molecule has 1 saturated heterocycles. The first-order valence-corrected chi connectivity index (χ1v) is 10.9. The van der Waals surface area contributed by atoms with Crippen molar-refractivity contribution in [2.24, 2.45) is 4.99 Å². The van der Waals surface area contributed by atoms with Gasteiger partial charge in [0.2, 0.25) is 0 Å². The second-order valence-electron chi connectivity index (χ2n) is 5.55. The number of amidine groups is 1. The van der Waals surface area contributed by atoms with E-state index < -0.39 is 8.07 Å². The van der Waals surface area contributed by atoms with Gasteiger partial charge in [-0.3, -0.25) is 4.90 Å². The number of quaternary nitrogens is 1. The van der Waals surface area contributed by atoms with Gasteiger partial charge in [-0.05, 0) is 25.5 Å². The Hall–Kier alpha value is 0.197. The molecule has 1 heterocycles. The summed E-state index contributed by atoms with van der Waals surface area (Å²) in [7, 11) is -1.01. The number of likely N-dealkylation sites (tertiary alicyclic amines) is 1. The predicted octanol–water partition coefficient (Wildman–Crippen LogP) is 1.65. The van der Waals surface area contributed by atoms with Gasteiger partial charge in [-0.2, -0.15) is 0 Å². The molecule has 0 aromatic rings. The van der Waals surface area contributed by atoms with Gasteiger partial charge in [0, 0.05) is 6.17 Å². The van der Waals surface area contributed by atoms with Crippen LogP contribution in [0.5, 0.6) is 0 Å². The largest absolute Gasteiger partial charge is 0.280 e. The van der Waals surface area contributed by atoms with E-state index in [4.69, 9.17) is 4.99 Å². The lowest BCUT2D eigenvalue weighted by molar-refractivity contribution is -0.807. The monoisotopic (exact) mass is 245 g/mol. The Kier molecular flexibility index (Phi) is 5.36. The van der Waals surface area contributed by atoms with Gasteiger partial charge in [0.1, 0.15) is 0 Å². The van der Waals surface area contributed by atoms with Gasteiger partial charge in [0.15, 0.2) is 0 Å². The summed E-state index contributed by atoms with van der Waals surface area (Å²) in [6, 6.07) is 0. The standard InChI is InChI=1S/C11H24N2SSi/c1-14-11(12-10-15(2,3)4)13-8-6-5-7-9-13/h5-10H2,1-4H3/p+1. The highest BCUT2D eigenvalue weighted by atomic mass is 32.2. The van der Waals surface area contributed by atoms with E-state index in [0.29, 0.717) is 0 Å². The molecule has 1 rings (SSSR count). The van der Waals surface area contributed by atoms with Crippen molar-refractivity contribution in [2.45, 2.75) is 38.9 Å². The van der Waals surface area contributed by atoms with Crippen molar-refractivity contribution in [1.29, 1.82) is 0 Å². The zero-order valence-corrected chi connectivity index (χ0v) is 12.4. The van der Waals surface area contributed by atoms with E-state index in [1.165, 1.54) is 37.5 Å². The van der Waals surface area contributed by atoms with Crippen LogP contribution in [0.3, 0.4) is 0 Å². The molecule has 88 valence electrons. The normalized spacial score (nSPS) is 20.7. The summed E-state index contributed by atoms with van der Waals surface area (Å²) in [5.74, 6) is 0. The van der Waals surface area contributed by atoms with E-state index in [-0.39, 0.29) is 0 Å². The highest BCUT2D eigenvalue weighted by Crippen LogP contribution is 2.03. The van der Waals surface area contributed by atoms with Crippen LogP contribution in [0.25, 0.3) is 0 Å². The van der Waals surface area contributed by atoms with Crippen molar-refractivity contribution in [1.82, 2.24) is 0 Å². The molecular weight excluding hydrogens is 220 g/mol. The lowest BCUT2D eigenvalue weighted by atomic mass is 10.1. The summed E-state index contributed by atoms with van der Waals surface area (Å²) < 4.78 is 0. The molecule has 0 aromatic carbocycles. The molecule has 1 aliphatic heterocycles. The van der Waals surface area contributed by atoms with E-state index in [0.717, 1.165) is 6.17 Å². The van der Waals surface area contributed by atoms with Crippen molar-refractivity contribution in [3.63, 3.8) is 0 Å². The molecule has 0 amide bonds. The van der Waals surface area contributed by atoms with Crippen molar-refractivity contribution >= 4 is 25.0 Å². The van der Waals surface area contributed by atoms with E-state index in [2.05, 4.69) is 25.9 Å². The van der Waals surface area contributed by atoms with Crippen LogP contribution in [0.15, 0.2) is 4.99 Å². The molecule has 0 spiro atoms. The molecule has 1 aliphatic rings. The zero-order valence-electron chi connectivity index (χ0n) is 10.6. The summed E-state index contributed by atoms with van der Waals surface area (Å²) in [6.45, 7) is 9.76. The Bertz CT molecular complexity index is 217. The van der Waals surface area contributed by atoms with Gasteiger partial charge >= 0.3 is 0 Å². The van der Waals surface area contributed by atoms with Crippen molar-refractivity contribution < 1.29 is 4.90 Å². The number of hydrogen-bond donors (Lipinski definition) is 1. The number of aliphatic imine (C=N–C) groups is 1. The Morgan fingerprint density at radius 2 is 1.80 bits per heavy atom. The van der Waals surface area contributed by atoms with E-state index in [1.54, 1.807) is 4.90 Å². The SMILES string of the molecule is CSC(=NC[Si](C)(C)C)[NH+]1CCCCC1. The fraction of sp³-hybridized carbons (Fsp3) is 0.909. The number of nitrogens with one attached hydrogen (secondary N) is 1. The van der Waals surface area contributed by atoms with Crippen LogP contribution in [0, 0.1) is 0 Å². The highest BCUT2D eigenvalue weighted by molar-refractivity contribution is 8.12. The number of piperidine rings is 1. The van der Waals surface area contributed by atoms with Crippen LogP contribution >= 0.6 is 11.8 Å². The molecular formula is C11H25N2SSi+. The number of nitrogens with zero attached hydrogens (tertiary/aromatic N) is 1. The van der Waals surface area contributed by atoms with E-state index >= 15 is 0 Å². The van der Waals surface area contributed by atoms with Crippen molar-refractivity contribution in [3.8, 4) is 0 Å². The molecule has 0 radical (unpaired) electrons. The van der Waals surface area contributed by atoms with Crippen LogP contribution in [-0.2, 0) is 0 Å². The lowest BCUT2D eigenvalue weighted by Gasteiger charge is -2.23. The second-order valence-corrected chi connectivity index (χ2v) is 11.8. The highest BCUT2D eigenvalue weighted by Gasteiger charge is 2.21. The van der Waals surface area contributed by atoms with Gasteiger partial charge in [-0.1, -0.05) is 31.4 Å². The van der Waals surface area contributed by atoms with Crippen molar-refractivity contribution in [3.05, 3.63) is 0 Å². The third-order valence-electron chi connectivity index (χ3n) is 2.65. The average molecular weight is 245 g/mol. The predicted molar refractivity (Wildman–Crippen MR) is 73.7 cm³/mol. The molecule has 1 fully saturated rings. The summed E-state index contributed by atoms with van der Waals surface area (Å²) in [6.07, 6.45) is 7.43. The molecule has 0 saturated carbocycles. The molecule has 0 unspecified atom stereocenters. The molecule has 0 aliphatic carbocycles. The summed E-state index contributed by atoms with van der Waals surface area (Å²) in [5, 5.41) is 1.36. The van der Waals surface area contributed by atoms with E-state index in [9.17, 15) is 0 Å². The number of thioether (sulfide) groups is 1. The van der Waals surface area contributed by atoms with Gasteiger partial charge in [-0.25, -0.2) is 4.99 Å². The zero-order chi connectivity index (χ0) is 11.3. The molecule has 1 N–H and O–H groups in total. The van der Waals surface area contributed by atoms with Crippen molar-refractivity contribution in [2.75, 3.05) is 25.5 Å². The minimum absolute atomic E-state index is 1.01. The van der Waals surface area contributed by atoms with Crippen LogP contribution in [0.1, 0.15) is 19.3 Å². The molecule has 0 atom stereocenters. The van der Waals surface area contributed by atoms with Gasteiger partial charge in [0.05, 0.1) is 21.2 Å². The maximum Gasteiger partial charge on any atom is 0.256 e. The molecule has 2 nitrogen and oxygen atoms in total. The first kappa shape index (κ1) is 13.3. The maximum atomic E-state index is 4.84. The third kappa shape index (κ3) is 5.18. The minimum Gasteiger partial charge on any atom is -0.280 e. The summed E-state index contributed by atoms with van der Waals surface area (Å²) in [5.41, 5.74) is 0. The number of hydrogen-bond acceptors (Lipinski definition) is 2. The molecule has 4 heteroatoms. The van der Waals surface area contributed by atoms with Crippen LogP contribution in [0.4, 0.5) is 0 Å². The fourth-order valence-corrected chi connectivity index (χ4v) is 3.26. The third-order valence-corrected chi connectivity index (χ3v) is 4.56. The van der Waals surface area contributed by atoms with Crippen LogP contribution < -0.4 is 4.90 Å². The Morgan fingerprint density at radius 1 is 1.20 bits per heavy atom. The summed E-state index contributed by atoms with van der Waals surface area (Å²) in [4.78, 5) is 6.47.